The molecule has 1 aromatic carbocycles. The lowest BCUT2D eigenvalue weighted by molar-refractivity contribution is -0.117. The van der Waals surface area contributed by atoms with Gasteiger partial charge in [-0.25, -0.2) is 0 Å². The number of carbonyl (C=O) groups is 1. The quantitative estimate of drug-likeness (QED) is 0.812. The maximum Gasteiger partial charge on any atom is 0.227 e. The normalized spacial score (nSPS) is 19.2. The smallest absolute Gasteiger partial charge is 0.227 e. The Labute approximate surface area is 95.2 Å². The van der Waals surface area contributed by atoms with Crippen LogP contribution in [0.1, 0.15) is 25.7 Å². The van der Waals surface area contributed by atoms with Crippen molar-refractivity contribution in [2.45, 2.75) is 31.7 Å². The second kappa shape index (κ2) is 3.81. The fourth-order valence-corrected chi connectivity index (χ4v) is 1.74. The van der Waals surface area contributed by atoms with E-state index in [9.17, 15) is 4.79 Å². The van der Waals surface area contributed by atoms with E-state index >= 15 is 0 Å². The fraction of sp³-hybridized carbons (Fsp3) is 0.462. The summed E-state index contributed by atoms with van der Waals surface area (Å²) in [5, 5.41) is 6.38. The first-order valence-corrected chi connectivity index (χ1v) is 5.99. The Balaban J connectivity index is 1.65. The summed E-state index contributed by atoms with van der Waals surface area (Å²) < 4.78 is 0. The molecule has 16 heavy (non-hydrogen) atoms. The number of carbonyl (C=O) groups excluding carboxylic acids is 1. The van der Waals surface area contributed by atoms with Crippen LogP contribution in [0.3, 0.4) is 0 Å². The van der Waals surface area contributed by atoms with Crippen LogP contribution in [0.25, 0.3) is 0 Å². The molecule has 0 spiro atoms. The zero-order valence-electron chi connectivity index (χ0n) is 9.20. The van der Waals surface area contributed by atoms with Crippen LogP contribution in [0, 0.1) is 5.92 Å². The first-order valence-electron chi connectivity index (χ1n) is 5.99. The molecule has 0 radical (unpaired) electrons. The van der Waals surface area contributed by atoms with Crippen molar-refractivity contribution in [3.05, 3.63) is 24.3 Å². The molecular formula is C13H16N2O. The largest absolute Gasteiger partial charge is 0.382 e. The van der Waals surface area contributed by atoms with E-state index in [4.69, 9.17) is 0 Å². The van der Waals surface area contributed by atoms with Crippen molar-refractivity contribution in [1.29, 1.82) is 0 Å². The van der Waals surface area contributed by atoms with Crippen molar-refractivity contribution >= 4 is 17.3 Å². The van der Waals surface area contributed by atoms with Crippen LogP contribution >= 0.6 is 0 Å². The highest BCUT2D eigenvalue weighted by molar-refractivity contribution is 5.94. The summed E-state index contributed by atoms with van der Waals surface area (Å²) in [6.07, 6.45) is 4.62. The van der Waals surface area contributed by atoms with Crippen LogP contribution in [0.4, 0.5) is 11.4 Å². The van der Waals surface area contributed by atoms with Crippen molar-refractivity contribution in [2.24, 2.45) is 5.92 Å². The van der Waals surface area contributed by atoms with Gasteiger partial charge in [0.1, 0.15) is 0 Å². The van der Waals surface area contributed by atoms with Gasteiger partial charge in [0.2, 0.25) is 5.91 Å². The molecule has 2 N–H and O–H groups in total. The third-order valence-corrected chi connectivity index (χ3v) is 3.03. The van der Waals surface area contributed by atoms with Gasteiger partial charge in [-0.15, -0.1) is 0 Å². The second-order valence-corrected chi connectivity index (χ2v) is 4.76. The van der Waals surface area contributed by atoms with Gasteiger partial charge in [-0.05, 0) is 43.9 Å². The molecule has 0 atom stereocenters. The minimum absolute atomic E-state index is 0.170. The number of hydrogen-bond donors (Lipinski definition) is 2. The zero-order valence-corrected chi connectivity index (χ0v) is 9.20. The molecule has 0 saturated heterocycles. The van der Waals surface area contributed by atoms with Crippen LogP contribution in [0.5, 0.6) is 0 Å². The highest BCUT2D eigenvalue weighted by Crippen LogP contribution is 2.31. The molecule has 0 aliphatic heterocycles. The predicted molar refractivity (Wildman–Crippen MR) is 64.4 cm³/mol. The summed E-state index contributed by atoms with van der Waals surface area (Å²) >= 11 is 0. The first kappa shape index (κ1) is 9.70. The highest BCUT2D eigenvalue weighted by Gasteiger charge is 2.29. The van der Waals surface area contributed by atoms with E-state index in [2.05, 4.69) is 10.6 Å². The van der Waals surface area contributed by atoms with Gasteiger partial charge >= 0.3 is 0 Å². The van der Waals surface area contributed by atoms with Crippen molar-refractivity contribution in [3.63, 3.8) is 0 Å². The third kappa shape index (κ3) is 2.35. The molecule has 0 aromatic heterocycles. The summed E-state index contributed by atoms with van der Waals surface area (Å²) in [6.45, 7) is 0. The van der Waals surface area contributed by atoms with Gasteiger partial charge in [0.05, 0.1) is 0 Å². The van der Waals surface area contributed by atoms with Gasteiger partial charge in [-0.3, -0.25) is 4.79 Å². The highest BCUT2D eigenvalue weighted by atomic mass is 16.2. The van der Waals surface area contributed by atoms with Crippen molar-refractivity contribution in [1.82, 2.24) is 0 Å². The first-order chi connectivity index (χ1) is 7.81. The van der Waals surface area contributed by atoms with Crippen LogP contribution in [-0.2, 0) is 4.79 Å². The van der Waals surface area contributed by atoms with Gasteiger partial charge in [0, 0.05) is 23.3 Å². The summed E-state index contributed by atoms with van der Waals surface area (Å²) in [5.74, 6) is 0.434. The Morgan fingerprint density at radius 2 is 1.88 bits per heavy atom. The van der Waals surface area contributed by atoms with E-state index in [0.29, 0.717) is 6.04 Å². The lowest BCUT2D eigenvalue weighted by Gasteiger charge is -2.08. The number of hydrogen-bond acceptors (Lipinski definition) is 2. The van der Waals surface area contributed by atoms with Crippen LogP contribution in [0.2, 0.25) is 0 Å². The minimum Gasteiger partial charge on any atom is -0.382 e. The Hall–Kier alpha value is -1.51. The van der Waals surface area contributed by atoms with Crippen LogP contribution in [0.15, 0.2) is 24.3 Å². The molecule has 1 aromatic rings. The van der Waals surface area contributed by atoms with Gasteiger partial charge in [-0.1, -0.05) is 6.07 Å². The van der Waals surface area contributed by atoms with E-state index in [1.165, 1.54) is 12.8 Å². The van der Waals surface area contributed by atoms with E-state index in [0.717, 1.165) is 24.2 Å². The lowest BCUT2D eigenvalue weighted by atomic mass is 10.2. The maximum absolute atomic E-state index is 11.6. The van der Waals surface area contributed by atoms with Gasteiger partial charge in [0.15, 0.2) is 0 Å². The van der Waals surface area contributed by atoms with Crippen LogP contribution in [-0.4, -0.2) is 11.9 Å². The standard InChI is InChI=1S/C13H16N2O/c16-13(9-4-5-9)15-12-3-1-2-11(8-12)14-10-6-7-10/h1-3,8-10,14H,4-7H2,(H,15,16). The molecule has 3 nitrogen and oxygen atoms in total. The molecule has 2 aliphatic rings. The molecule has 3 heteroatoms. The Morgan fingerprint density at radius 1 is 1.12 bits per heavy atom. The Kier molecular flexibility index (Phi) is 2.31. The van der Waals surface area contributed by atoms with E-state index < -0.39 is 0 Å². The average molecular weight is 216 g/mol. The van der Waals surface area contributed by atoms with Gasteiger partial charge in [-0.2, -0.15) is 0 Å². The Morgan fingerprint density at radius 3 is 2.56 bits per heavy atom. The van der Waals surface area contributed by atoms with Crippen molar-refractivity contribution < 1.29 is 4.79 Å². The van der Waals surface area contributed by atoms with Gasteiger partial charge < -0.3 is 10.6 Å². The maximum atomic E-state index is 11.6. The SMILES string of the molecule is O=C(Nc1cccc(NC2CC2)c1)C1CC1. The molecule has 0 bridgehead atoms. The molecule has 2 aliphatic carbocycles. The molecular weight excluding hydrogens is 200 g/mol. The molecule has 2 fully saturated rings. The minimum atomic E-state index is 0.170. The summed E-state index contributed by atoms with van der Waals surface area (Å²) in [4.78, 5) is 11.6. The molecule has 1 amide bonds. The summed E-state index contributed by atoms with van der Waals surface area (Å²) in [7, 11) is 0. The molecule has 84 valence electrons. The number of rotatable bonds is 4. The van der Waals surface area contributed by atoms with Crippen molar-refractivity contribution in [3.8, 4) is 0 Å². The topological polar surface area (TPSA) is 41.1 Å². The molecule has 2 saturated carbocycles. The Bertz CT molecular complexity index is 408. The van der Waals surface area contributed by atoms with E-state index in [-0.39, 0.29) is 11.8 Å². The number of benzene rings is 1. The predicted octanol–water partition coefficient (Wildman–Crippen LogP) is 2.61. The van der Waals surface area contributed by atoms with Gasteiger partial charge in [0.25, 0.3) is 0 Å². The van der Waals surface area contributed by atoms with Crippen molar-refractivity contribution in [2.75, 3.05) is 10.6 Å². The summed E-state index contributed by atoms with van der Waals surface area (Å²) in [6, 6.07) is 8.63. The van der Waals surface area contributed by atoms with E-state index in [1.807, 2.05) is 24.3 Å². The fourth-order valence-electron chi connectivity index (χ4n) is 1.74. The summed E-state index contributed by atoms with van der Waals surface area (Å²) in [5.41, 5.74) is 2.01. The molecule has 0 unspecified atom stereocenters. The lowest BCUT2D eigenvalue weighted by Crippen LogP contribution is -2.13. The number of anilines is 2. The zero-order chi connectivity index (χ0) is 11.0. The molecule has 0 heterocycles. The third-order valence-electron chi connectivity index (χ3n) is 3.03. The second-order valence-electron chi connectivity index (χ2n) is 4.76. The monoisotopic (exact) mass is 216 g/mol. The molecule has 3 rings (SSSR count). The number of amides is 1. The van der Waals surface area contributed by atoms with Crippen LogP contribution < -0.4 is 10.6 Å². The van der Waals surface area contributed by atoms with E-state index in [1.54, 1.807) is 0 Å². The average Bonchev–Trinajstić information content (AvgIpc) is 3.13. The number of nitrogens with one attached hydrogen (secondary N) is 2.